The number of carbonyl (C=O) groups excluding carboxylic acids is 3. The monoisotopic (exact) mass is 516 g/mol. The summed E-state index contributed by atoms with van der Waals surface area (Å²) in [5, 5.41) is 10.3. The number of amides is 2. The number of rotatable bonds is 3. The first-order valence-corrected chi connectivity index (χ1v) is 13.3. The first-order valence-electron chi connectivity index (χ1n) is 12.1. The third-order valence-electron chi connectivity index (χ3n) is 7.42. The normalized spacial score (nSPS) is 34.5. The number of hydrogen-bond acceptors (Lipinski definition) is 6. The molecule has 0 saturated carbocycles. The first kappa shape index (κ1) is 24.4. The molecule has 4 heterocycles. The van der Waals surface area contributed by atoms with Crippen LogP contribution in [0, 0.1) is 11.8 Å². The molecule has 9 heteroatoms. The zero-order chi connectivity index (χ0) is 24.7. The molecule has 1 unspecified atom stereocenters. The van der Waals surface area contributed by atoms with Gasteiger partial charge in [0.05, 0.1) is 35.8 Å². The van der Waals surface area contributed by atoms with Crippen LogP contribution in [-0.2, 0) is 19.1 Å². The van der Waals surface area contributed by atoms with E-state index < -0.39 is 28.7 Å². The zero-order valence-electron chi connectivity index (χ0n) is 19.5. The van der Waals surface area contributed by atoms with Crippen LogP contribution in [0.1, 0.15) is 26.2 Å². The minimum absolute atomic E-state index is 0.234. The second-order valence-electron chi connectivity index (χ2n) is 9.54. The lowest BCUT2D eigenvalue weighted by Gasteiger charge is -2.37. The molecule has 2 fully saturated rings. The standard InChI is InChI=1S/C26H29ClN2O5S/c1-16(15-30)29-22-24(32)28(18-10-8-17(27)9-11-18)13-6-12-26(22)21(23(29)31)20-19(35-26)7-4-2-3-5-14-34-25(20)33/h4,6-12,16,19-22,30H,2-3,5,13-15H2,1H3/b7-4-/t16-,19+,20-,21+,22?,26+/m1/s1. The zero-order valence-corrected chi connectivity index (χ0v) is 21.1. The van der Waals surface area contributed by atoms with Crippen LogP contribution < -0.4 is 4.90 Å². The quantitative estimate of drug-likeness (QED) is 0.490. The van der Waals surface area contributed by atoms with Crippen LogP contribution in [0.15, 0.2) is 48.6 Å². The molecule has 0 aromatic heterocycles. The second kappa shape index (κ2) is 9.64. The average molecular weight is 517 g/mol. The summed E-state index contributed by atoms with van der Waals surface area (Å²) in [6.45, 7) is 2.10. The molecule has 0 aliphatic carbocycles. The van der Waals surface area contributed by atoms with Crippen LogP contribution in [0.25, 0.3) is 0 Å². The number of nitrogens with zero attached hydrogens (tertiary/aromatic N) is 2. The summed E-state index contributed by atoms with van der Waals surface area (Å²) in [5.41, 5.74) is 0.676. The van der Waals surface area contributed by atoms with Gasteiger partial charge in [0.15, 0.2) is 0 Å². The number of likely N-dealkylation sites (tertiary alicyclic amines) is 1. The van der Waals surface area contributed by atoms with Gasteiger partial charge in [-0.2, -0.15) is 0 Å². The Kier molecular flexibility index (Phi) is 6.72. The highest BCUT2D eigenvalue weighted by Crippen LogP contribution is 2.61. The molecule has 2 amide bonds. The molecule has 2 saturated heterocycles. The first-order chi connectivity index (χ1) is 16.9. The molecule has 6 atom stereocenters. The molecule has 4 aliphatic heterocycles. The molecule has 35 heavy (non-hydrogen) atoms. The Morgan fingerprint density at radius 2 is 1.94 bits per heavy atom. The number of cyclic esters (lactones) is 1. The van der Waals surface area contributed by atoms with Crippen LogP contribution in [0.2, 0.25) is 5.02 Å². The maximum Gasteiger partial charge on any atom is 0.311 e. The molecule has 1 N–H and O–H groups in total. The van der Waals surface area contributed by atoms with Crippen molar-refractivity contribution in [2.24, 2.45) is 11.8 Å². The van der Waals surface area contributed by atoms with Gasteiger partial charge in [-0.05, 0) is 50.5 Å². The van der Waals surface area contributed by atoms with Crippen molar-refractivity contribution in [2.75, 3.05) is 24.7 Å². The van der Waals surface area contributed by atoms with Gasteiger partial charge in [0.1, 0.15) is 6.04 Å². The number of fused-ring (bicyclic) bond motifs is 2. The van der Waals surface area contributed by atoms with Gasteiger partial charge in [0.25, 0.3) is 5.91 Å². The summed E-state index contributed by atoms with van der Waals surface area (Å²) >= 11 is 7.57. The van der Waals surface area contributed by atoms with E-state index in [2.05, 4.69) is 6.08 Å². The van der Waals surface area contributed by atoms with Gasteiger partial charge < -0.3 is 19.6 Å². The van der Waals surface area contributed by atoms with E-state index in [1.165, 1.54) is 16.7 Å². The molecule has 5 rings (SSSR count). The van der Waals surface area contributed by atoms with Gasteiger partial charge in [-0.25, -0.2) is 0 Å². The van der Waals surface area contributed by atoms with Crippen molar-refractivity contribution in [1.82, 2.24) is 4.90 Å². The van der Waals surface area contributed by atoms with Crippen molar-refractivity contribution < 1.29 is 24.2 Å². The van der Waals surface area contributed by atoms with E-state index in [9.17, 15) is 19.5 Å². The maximum absolute atomic E-state index is 14.2. The molecule has 1 aromatic rings. The third kappa shape index (κ3) is 3.99. The predicted octanol–water partition coefficient (Wildman–Crippen LogP) is 3.20. The van der Waals surface area contributed by atoms with Crippen LogP contribution in [0.5, 0.6) is 0 Å². The summed E-state index contributed by atoms with van der Waals surface area (Å²) < 4.78 is 4.67. The van der Waals surface area contributed by atoms with Gasteiger partial charge in [0.2, 0.25) is 5.91 Å². The molecule has 0 radical (unpaired) electrons. The van der Waals surface area contributed by atoms with Crippen LogP contribution in [-0.4, -0.2) is 69.6 Å². The Labute approximate surface area is 214 Å². The summed E-state index contributed by atoms with van der Waals surface area (Å²) in [4.78, 5) is 44.6. The highest BCUT2D eigenvalue weighted by molar-refractivity contribution is 8.02. The van der Waals surface area contributed by atoms with E-state index in [1.807, 2.05) is 18.2 Å². The van der Waals surface area contributed by atoms with Gasteiger partial charge >= 0.3 is 5.97 Å². The minimum atomic E-state index is -0.939. The Hall–Kier alpha value is -2.29. The van der Waals surface area contributed by atoms with Gasteiger partial charge in [-0.15, -0.1) is 11.8 Å². The predicted molar refractivity (Wildman–Crippen MR) is 135 cm³/mol. The largest absolute Gasteiger partial charge is 0.465 e. The van der Waals surface area contributed by atoms with Gasteiger partial charge in [0, 0.05) is 22.5 Å². The Morgan fingerprint density at radius 1 is 1.17 bits per heavy atom. The summed E-state index contributed by atoms with van der Waals surface area (Å²) in [6, 6.07) is 5.57. The maximum atomic E-state index is 14.2. The number of allylic oxidation sites excluding steroid dienone is 1. The van der Waals surface area contributed by atoms with Crippen molar-refractivity contribution in [2.45, 2.75) is 48.3 Å². The lowest BCUT2D eigenvalue weighted by molar-refractivity contribution is -0.153. The van der Waals surface area contributed by atoms with E-state index in [0.717, 1.165) is 19.3 Å². The fourth-order valence-corrected chi connectivity index (χ4v) is 7.89. The Balaban J connectivity index is 1.62. The molecule has 0 bridgehead atoms. The number of thioether (sulfide) groups is 1. The molecule has 1 spiro atoms. The lowest BCUT2D eigenvalue weighted by Crippen LogP contribution is -2.56. The van der Waals surface area contributed by atoms with Crippen molar-refractivity contribution >= 4 is 46.8 Å². The van der Waals surface area contributed by atoms with Crippen LogP contribution in [0.3, 0.4) is 0 Å². The van der Waals surface area contributed by atoms with Crippen molar-refractivity contribution in [3.8, 4) is 0 Å². The van der Waals surface area contributed by atoms with E-state index in [4.69, 9.17) is 16.3 Å². The SMILES string of the molecule is C[C@H](CO)N1C(=O)[C@@H]2[C@@H]3C(=O)OCCCC/C=C\[C@@H]3S[C@@]23C=CCN(c2ccc(Cl)cc2)C(=O)C13. The fourth-order valence-electron chi connectivity index (χ4n) is 5.77. The molecular weight excluding hydrogens is 488 g/mol. The molecule has 7 nitrogen and oxygen atoms in total. The van der Waals surface area contributed by atoms with Crippen LogP contribution in [0.4, 0.5) is 5.69 Å². The summed E-state index contributed by atoms with van der Waals surface area (Å²) in [6.07, 6.45) is 10.5. The van der Waals surface area contributed by atoms with E-state index in [0.29, 0.717) is 23.9 Å². The number of ether oxygens (including phenoxy) is 1. The van der Waals surface area contributed by atoms with E-state index in [-0.39, 0.29) is 29.6 Å². The molecule has 4 aliphatic rings. The number of hydrogen-bond donors (Lipinski definition) is 1. The van der Waals surface area contributed by atoms with Crippen LogP contribution >= 0.6 is 23.4 Å². The Bertz CT molecular complexity index is 1080. The highest BCUT2D eigenvalue weighted by atomic mass is 35.5. The molecular formula is C26H29ClN2O5S. The topological polar surface area (TPSA) is 87.2 Å². The Morgan fingerprint density at radius 3 is 2.69 bits per heavy atom. The smallest absolute Gasteiger partial charge is 0.311 e. The van der Waals surface area contributed by atoms with Gasteiger partial charge in [-0.1, -0.05) is 35.9 Å². The summed E-state index contributed by atoms with van der Waals surface area (Å²) in [7, 11) is 0. The van der Waals surface area contributed by atoms with Crippen molar-refractivity contribution in [3.05, 3.63) is 53.6 Å². The van der Waals surface area contributed by atoms with E-state index in [1.54, 1.807) is 36.1 Å². The second-order valence-corrected chi connectivity index (χ2v) is 11.5. The van der Waals surface area contributed by atoms with Crippen molar-refractivity contribution in [1.29, 1.82) is 0 Å². The number of aliphatic hydroxyl groups is 1. The fraction of sp³-hybridized carbons (Fsp3) is 0.500. The molecule has 186 valence electrons. The average Bonchev–Trinajstić information content (AvgIpc) is 3.24. The number of esters is 1. The molecule has 1 aromatic carbocycles. The van der Waals surface area contributed by atoms with E-state index >= 15 is 0 Å². The number of anilines is 1. The number of halogens is 1. The number of aliphatic hydroxyl groups excluding tert-OH is 1. The lowest BCUT2D eigenvalue weighted by atomic mass is 9.78. The van der Waals surface area contributed by atoms with Crippen molar-refractivity contribution in [3.63, 3.8) is 0 Å². The highest BCUT2D eigenvalue weighted by Gasteiger charge is 2.71. The summed E-state index contributed by atoms with van der Waals surface area (Å²) in [5.74, 6) is -2.35. The third-order valence-corrected chi connectivity index (χ3v) is 9.41. The number of benzene rings is 1. The minimum Gasteiger partial charge on any atom is -0.465 e. The number of carbonyl (C=O) groups is 3. The van der Waals surface area contributed by atoms with Gasteiger partial charge in [-0.3, -0.25) is 14.4 Å².